The van der Waals surface area contributed by atoms with Crippen molar-refractivity contribution in [3.05, 3.63) is 35.7 Å². The van der Waals surface area contributed by atoms with Gasteiger partial charge in [-0.3, -0.25) is 4.79 Å². The van der Waals surface area contributed by atoms with Gasteiger partial charge in [0.05, 0.1) is 18.6 Å². The Labute approximate surface area is 127 Å². The van der Waals surface area contributed by atoms with Gasteiger partial charge in [-0.15, -0.1) is 5.10 Å². The second-order valence-electron chi connectivity index (χ2n) is 4.66. The summed E-state index contributed by atoms with van der Waals surface area (Å²) in [4.78, 5) is 23.7. The van der Waals surface area contributed by atoms with Crippen molar-refractivity contribution in [2.45, 2.75) is 19.8 Å². The fraction of sp³-hybridized carbons (Fsp3) is 0.357. The molecule has 0 atom stereocenters. The summed E-state index contributed by atoms with van der Waals surface area (Å²) in [5.74, 6) is -0.219. The molecule has 116 valence electrons. The van der Waals surface area contributed by atoms with Crippen LogP contribution >= 0.6 is 0 Å². The Morgan fingerprint density at radius 3 is 2.86 bits per heavy atom. The molecule has 0 aliphatic rings. The molecule has 0 bridgehead atoms. The Hall–Kier alpha value is -2.77. The molecule has 0 unspecified atom stereocenters. The molecule has 2 aromatic rings. The molecule has 1 aromatic heterocycles. The Morgan fingerprint density at radius 1 is 1.36 bits per heavy atom. The molecule has 0 radical (unpaired) electrons. The topological polar surface area (TPSA) is 99.0 Å². The van der Waals surface area contributed by atoms with Crippen molar-refractivity contribution in [1.29, 1.82) is 0 Å². The Morgan fingerprint density at radius 2 is 2.18 bits per heavy atom. The fourth-order valence-corrected chi connectivity index (χ4v) is 1.75. The summed E-state index contributed by atoms with van der Waals surface area (Å²) in [6.07, 6.45) is 0.807. The van der Waals surface area contributed by atoms with E-state index in [-0.39, 0.29) is 12.3 Å². The van der Waals surface area contributed by atoms with Crippen molar-refractivity contribution in [3.63, 3.8) is 0 Å². The number of rotatable bonds is 6. The van der Waals surface area contributed by atoms with E-state index in [1.807, 2.05) is 6.92 Å². The molecule has 22 heavy (non-hydrogen) atoms. The third-order valence-corrected chi connectivity index (χ3v) is 2.85. The first-order chi connectivity index (χ1) is 10.6. The Kier molecular flexibility index (Phi) is 5.18. The molecule has 0 spiro atoms. The highest BCUT2D eigenvalue weighted by atomic mass is 16.5. The number of amides is 1. The zero-order valence-electron chi connectivity index (χ0n) is 12.4. The quantitative estimate of drug-likeness (QED) is 0.798. The van der Waals surface area contributed by atoms with Crippen molar-refractivity contribution in [2.75, 3.05) is 11.9 Å². The van der Waals surface area contributed by atoms with Gasteiger partial charge < -0.3 is 10.1 Å². The maximum Gasteiger partial charge on any atom is 0.338 e. The van der Waals surface area contributed by atoms with Gasteiger partial charge >= 0.3 is 5.97 Å². The van der Waals surface area contributed by atoms with Gasteiger partial charge in [0.25, 0.3) is 0 Å². The lowest BCUT2D eigenvalue weighted by molar-refractivity contribution is -0.115. The first-order valence-electron chi connectivity index (χ1n) is 6.88. The van der Waals surface area contributed by atoms with Crippen molar-refractivity contribution in [3.8, 4) is 0 Å². The molecule has 2 rings (SSSR count). The number of esters is 1. The van der Waals surface area contributed by atoms with Crippen LogP contribution in [0.25, 0.3) is 0 Å². The van der Waals surface area contributed by atoms with Gasteiger partial charge in [0.2, 0.25) is 5.91 Å². The molecule has 1 N–H and O–H groups in total. The van der Waals surface area contributed by atoms with E-state index in [9.17, 15) is 9.59 Å². The van der Waals surface area contributed by atoms with Gasteiger partial charge in [-0.25, -0.2) is 9.48 Å². The van der Waals surface area contributed by atoms with Gasteiger partial charge in [-0.1, -0.05) is 13.0 Å². The average molecular weight is 303 g/mol. The number of nitrogens with one attached hydrogen (secondary N) is 1. The Bertz CT molecular complexity index is 668. The van der Waals surface area contributed by atoms with Crippen LogP contribution in [-0.4, -0.2) is 38.7 Å². The number of tetrazole rings is 1. The van der Waals surface area contributed by atoms with Crippen LogP contribution in [0, 0.1) is 0 Å². The second kappa shape index (κ2) is 7.30. The van der Waals surface area contributed by atoms with E-state index in [4.69, 9.17) is 4.74 Å². The molecule has 0 saturated heterocycles. The first-order valence-corrected chi connectivity index (χ1v) is 6.88. The van der Waals surface area contributed by atoms with Crippen molar-refractivity contribution >= 4 is 17.6 Å². The van der Waals surface area contributed by atoms with Gasteiger partial charge in [0.1, 0.15) is 0 Å². The molecule has 1 aromatic carbocycles. The number of carbonyl (C=O) groups is 2. The third kappa shape index (κ3) is 4.11. The normalized spacial score (nSPS) is 10.3. The molecule has 0 aliphatic heterocycles. The Balaban J connectivity index is 1.99. The number of carbonyl (C=O) groups excluding carboxylic acids is 2. The molecule has 1 amide bonds. The number of aromatic nitrogens is 4. The third-order valence-electron chi connectivity index (χ3n) is 2.85. The predicted octanol–water partition coefficient (Wildman–Crippen LogP) is 0.958. The minimum atomic E-state index is -0.407. The minimum absolute atomic E-state index is 0.0496. The number of nitrogens with zero attached hydrogens (tertiary/aromatic N) is 4. The van der Waals surface area contributed by atoms with E-state index in [2.05, 4.69) is 20.8 Å². The SMILES string of the molecule is CCCOC(=O)c1cccc(NC(=O)Cc2nnnn2C)c1. The van der Waals surface area contributed by atoms with Crippen LogP contribution in [0.15, 0.2) is 24.3 Å². The van der Waals surface area contributed by atoms with Gasteiger partial charge in [0, 0.05) is 12.7 Å². The molecular weight excluding hydrogens is 286 g/mol. The van der Waals surface area contributed by atoms with E-state index in [1.54, 1.807) is 31.3 Å². The van der Waals surface area contributed by atoms with Crippen LogP contribution in [0.3, 0.4) is 0 Å². The van der Waals surface area contributed by atoms with E-state index in [1.165, 1.54) is 4.68 Å². The van der Waals surface area contributed by atoms with Gasteiger partial charge in [0.15, 0.2) is 5.82 Å². The zero-order chi connectivity index (χ0) is 15.9. The van der Waals surface area contributed by atoms with E-state index in [0.717, 1.165) is 6.42 Å². The lowest BCUT2D eigenvalue weighted by Crippen LogP contribution is -2.17. The molecule has 0 aliphatic carbocycles. The summed E-state index contributed by atoms with van der Waals surface area (Å²) >= 11 is 0. The van der Waals surface area contributed by atoms with E-state index in [0.29, 0.717) is 23.7 Å². The van der Waals surface area contributed by atoms with Crippen molar-refractivity contribution < 1.29 is 14.3 Å². The number of hydrogen-bond acceptors (Lipinski definition) is 6. The summed E-state index contributed by atoms with van der Waals surface area (Å²) in [5.41, 5.74) is 0.914. The van der Waals surface area contributed by atoms with Gasteiger partial charge in [-0.05, 0) is 35.0 Å². The molecule has 8 nitrogen and oxygen atoms in total. The number of anilines is 1. The highest BCUT2D eigenvalue weighted by Gasteiger charge is 2.11. The summed E-state index contributed by atoms with van der Waals surface area (Å²) in [6, 6.07) is 6.59. The van der Waals surface area contributed by atoms with E-state index < -0.39 is 5.97 Å². The van der Waals surface area contributed by atoms with Crippen LogP contribution in [0.5, 0.6) is 0 Å². The zero-order valence-corrected chi connectivity index (χ0v) is 12.4. The molecule has 0 fully saturated rings. The first kappa shape index (κ1) is 15.6. The van der Waals surface area contributed by atoms with Crippen LogP contribution in [0.1, 0.15) is 29.5 Å². The largest absolute Gasteiger partial charge is 0.462 e. The molecule has 1 heterocycles. The minimum Gasteiger partial charge on any atom is -0.462 e. The lowest BCUT2D eigenvalue weighted by Gasteiger charge is -2.07. The number of benzene rings is 1. The summed E-state index contributed by atoms with van der Waals surface area (Å²) in [5, 5.41) is 13.6. The number of hydrogen-bond donors (Lipinski definition) is 1. The summed E-state index contributed by atoms with van der Waals surface area (Å²) < 4.78 is 6.49. The number of ether oxygens (including phenoxy) is 1. The van der Waals surface area contributed by atoms with E-state index >= 15 is 0 Å². The van der Waals surface area contributed by atoms with Crippen LogP contribution in [-0.2, 0) is 23.0 Å². The van der Waals surface area contributed by atoms with Crippen molar-refractivity contribution in [1.82, 2.24) is 20.2 Å². The van der Waals surface area contributed by atoms with Crippen LogP contribution in [0.2, 0.25) is 0 Å². The van der Waals surface area contributed by atoms with Crippen LogP contribution in [0.4, 0.5) is 5.69 Å². The van der Waals surface area contributed by atoms with Gasteiger partial charge in [-0.2, -0.15) is 0 Å². The highest BCUT2D eigenvalue weighted by molar-refractivity contribution is 5.95. The average Bonchev–Trinajstić information content (AvgIpc) is 2.90. The smallest absolute Gasteiger partial charge is 0.338 e. The predicted molar refractivity (Wildman–Crippen MR) is 78.1 cm³/mol. The maximum absolute atomic E-state index is 11.9. The monoisotopic (exact) mass is 303 g/mol. The second-order valence-corrected chi connectivity index (χ2v) is 4.66. The molecule has 8 heteroatoms. The number of aryl methyl sites for hydroxylation is 1. The van der Waals surface area contributed by atoms with Crippen molar-refractivity contribution in [2.24, 2.45) is 7.05 Å². The molecule has 0 saturated carbocycles. The summed E-state index contributed by atoms with van der Waals surface area (Å²) in [6.45, 7) is 2.29. The molecular formula is C14H17N5O3. The fourth-order valence-electron chi connectivity index (χ4n) is 1.75. The van der Waals surface area contributed by atoms with Crippen LogP contribution < -0.4 is 5.32 Å². The standard InChI is InChI=1S/C14H17N5O3/c1-3-7-22-14(21)10-5-4-6-11(8-10)15-13(20)9-12-16-17-18-19(12)2/h4-6,8H,3,7,9H2,1-2H3,(H,15,20). The lowest BCUT2D eigenvalue weighted by atomic mass is 10.2. The maximum atomic E-state index is 11.9. The summed E-state index contributed by atoms with van der Waals surface area (Å²) in [7, 11) is 1.66. The highest BCUT2D eigenvalue weighted by Crippen LogP contribution is 2.12.